The van der Waals surface area contributed by atoms with Crippen LogP contribution in [0.25, 0.3) is 0 Å². The van der Waals surface area contributed by atoms with Gasteiger partial charge in [0.15, 0.2) is 0 Å². The summed E-state index contributed by atoms with van der Waals surface area (Å²) in [5.74, 6) is 0. The van der Waals surface area contributed by atoms with Gasteiger partial charge in [-0.1, -0.05) is 0 Å². The van der Waals surface area contributed by atoms with Crippen molar-refractivity contribution in [3.05, 3.63) is 0 Å². The van der Waals surface area contributed by atoms with Crippen molar-refractivity contribution in [1.29, 1.82) is 0 Å². The van der Waals surface area contributed by atoms with Crippen LogP contribution in [0.2, 0.25) is 0 Å². The van der Waals surface area contributed by atoms with Gasteiger partial charge in [-0.05, 0) is 0 Å². The predicted octanol–water partition coefficient (Wildman–Crippen LogP) is -150. The summed E-state index contributed by atoms with van der Waals surface area (Å²) in [6.07, 6.45) is 0. The maximum atomic E-state index is 8.74. The Bertz CT molecular complexity index is 1770. The summed E-state index contributed by atoms with van der Waals surface area (Å²) in [7, 11) is -101. The van der Waals surface area contributed by atoms with Crippen molar-refractivity contribution in [3.8, 4) is 0 Å². The number of hydrogen-bond acceptors (Lipinski definition) is 58. The van der Waals surface area contributed by atoms with E-state index in [1.54, 1.807) is 0 Å². The minimum Gasteiger partial charge on any atom is -0.672 e. The van der Waals surface area contributed by atoms with Crippen molar-refractivity contribution in [2.24, 2.45) is 0 Å². The summed E-state index contributed by atoms with van der Waals surface area (Å²) in [6, 6.07) is 0. The molecule has 90 nitrogen and oxygen atoms in total. The fourth-order valence-electron chi connectivity index (χ4n) is 0. The largest absolute Gasteiger partial charge is 1.00 e. The van der Waals surface area contributed by atoms with Gasteiger partial charge < -0.3 is 350 Å². The first-order valence-electron chi connectivity index (χ1n) is 19.0. The molecule has 0 radical (unpaired) electrons. The monoisotopic (exact) mass is 3400 g/mol. The Labute approximate surface area is 2060 Å². The van der Waals surface area contributed by atoms with Crippen LogP contribution >= 0.6 is 0 Å². The first kappa shape index (κ1) is 388. The standard InChI is InChI=1S/28K.16H2O3Si.14O3Si/c;;;;;;;;;;;;;;;;;;;;;;;;;;;;30*1-4(2)3/h;;;;;;;;;;;;;;;;;;;;;;;;;;;;16*1-2H;;;;;;;;;;;;;;/q28*+1;;;;;;;;;;;;;;;;;14*-2. The first-order chi connectivity index (χ1) is 52.0. The molecule has 720 valence electrons. The molecule has 148 heavy (non-hydrogen) atoms. The molecule has 0 bridgehead atoms. The molecule has 0 fully saturated rings. The van der Waals surface area contributed by atoms with Crippen molar-refractivity contribution in [1.82, 2.24) is 0 Å². The molecule has 0 saturated carbocycles. The van der Waals surface area contributed by atoms with E-state index in [1.165, 1.54) is 0 Å². The van der Waals surface area contributed by atoms with Gasteiger partial charge in [-0.2, -0.15) is 0 Å². The molecule has 32 N–H and O–H groups in total. The van der Waals surface area contributed by atoms with Crippen LogP contribution in [0, 0.1) is 0 Å². The molecule has 0 aliphatic heterocycles. The van der Waals surface area contributed by atoms with Gasteiger partial charge in [0.05, 0.1) is 0 Å². The van der Waals surface area contributed by atoms with Crippen molar-refractivity contribution in [3.63, 3.8) is 0 Å². The SMILES string of the molecule is O=[Si](O)O.O=[Si](O)O.O=[Si](O)O.O=[Si](O)O.O=[Si](O)O.O=[Si](O)O.O=[Si](O)O.O=[Si](O)O.O=[Si](O)O.O=[Si](O)O.O=[Si](O)O.O=[Si](O)O.O=[Si](O)O.O=[Si](O)O.O=[Si](O)O.O=[Si](O)O.O=[Si]([O-])[O-].O=[Si]([O-])[O-].O=[Si]([O-])[O-].O=[Si]([O-])[O-].O=[Si]([O-])[O-].O=[Si]([O-])[O-].O=[Si]([O-])[O-].O=[Si]([O-])[O-].O=[Si]([O-])[O-].O=[Si]([O-])[O-].O=[Si]([O-])[O-].O=[Si]([O-])[O-].O=[Si]([O-])[O-].O=[Si]([O-])[O-].[K+].[K+].[K+].[K+].[K+].[K+].[K+].[K+].[K+].[K+].[K+].[K+].[K+].[K+].[K+].[K+].[K+].[K+].[K+].[K+].[K+].[K+].[K+].[K+].[K+].[K+].[K+].[K+]. The molecule has 0 spiro atoms. The third-order valence-electron chi connectivity index (χ3n) is 0. The molecule has 0 aromatic rings. The van der Waals surface area contributed by atoms with Crippen molar-refractivity contribution < 1.29 is 1860 Å². The number of rotatable bonds is 0. The van der Waals surface area contributed by atoms with E-state index in [2.05, 4.69) is 0 Å². The second kappa shape index (κ2) is 381. The summed E-state index contributed by atoms with van der Waals surface area (Å²) in [4.78, 5) is 468. The molecular weight excluding hydrogens is 3380 g/mol. The van der Waals surface area contributed by atoms with E-state index in [0.29, 0.717) is 0 Å². The van der Waals surface area contributed by atoms with E-state index in [-0.39, 0.29) is 1440 Å². The molecule has 148 heteroatoms. The minimum atomic E-state index is -3.63. The third-order valence-corrected chi connectivity index (χ3v) is 0. The van der Waals surface area contributed by atoms with Crippen LogP contribution in [0.5, 0.6) is 0 Å². The summed E-state index contributed by atoms with van der Waals surface area (Å²) >= 11 is 0. The van der Waals surface area contributed by atoms with Crippen molar-refractivity contribution in [2.75, 3.05) is 0 Å². The summed E-state index contributed by atoms with van der Waals surface area (Å²) in [5.41, 5.74) is 0. The van der Waals surface area contributed by atoms with E-state index >= 15 is 0 Å². The van der Waals surface area contributed by atoms with Crippen LogP contribution in [0.1, 0.15) is 0 Å². The van der Waals surface area contributed by atoms with Gasteiger partial charge in [0, 0.05) is 128 Å². The van der Waals surface area contributed by atoms with Crippen LogP contribution in [-0.2, 0) is 134 Å². The van der Waals surface area contributed by atoms with Crippen LogP contribution < -0.4 is 1570 Å². The van der Waals surface area contributed by atoms with Crippen LogP contribution in [-0.4, -0.2) is 429 Å². The Hall–Kier alpha value is 34.3. The molecule has 0 aromatic heterocycles. The predicted molar refractivity (Wildman–Crippen MR) is 264 cm³/mol. The van der Waals surface area contributed by atoms with E-state index < -0.39 is 275 Å². The molecule has 0 aliphatic rings. The molecule has 0 saturated heterocycles. The van der Waals surface area contributed by atoms with Gasteiger partial charge in [0.2, 0.25) is 0 Å². The molecule has 0 rings (SSSR count). The fourth-order valence-corrected chi connectivity index (χ4v) is 0. The normalized spacial score (nSPS) is 4.86. The van der Waals surface area contributed by atoms with E-state index in [4.69, 9.17) is 422 Å². The molecule has 0 heterocycles. The fraction of sp³-hybridized carbons (Fsp3) is 0. The van der Waals surface area contributed by atoms with Gasteiger partial charge in [-0.25, -0.2) is 0 Å². The second-order valence-corrected chi connectivity index (χ2v) is 24.1. The first-order valence-corrected chi connectivity index (χ1v) is 57.0. The molecule has 0 aliphatic carbocycles. The maximum absolute atomic E-state index is 8.74. The topological polar surface area (TPSA) is 1810 Å². The Morgan fingerprint density at radius 1 is 0.0676 bits per heavy atom. The van der Waals surface area contributed by atoms with E-state index in [1.807, 2.05) is 0 Å². The maximum Gasteiger partial charge on any atom is 1.00 e. The average Bonchev–Trinajstić information content (AvgIpc) is 3.29. The third kappa shape index (κ3) is 4920. The second-order valence-electron chi connectivity index (χ2n) is 8.02. The van der Waals surface area contributed by atoms with E-state index in [9.17, 15) is 0 Å². The molecule has 0 amide bonds. The smallest absolute Gasteiger partial charge is 0.672 e. The summed E-state index contributed by atoms with van der Waals surface area (Å²) in [5, 5.41) is 0. The quantitative estimate of drug-likeness (QED) is 0.100. The summed E-state index contributed by atoms with van der Waals surface area (Å²) in [6.45, 7) is 0. The zero-order chi connectivity index (χ0) is 107. The molecular formula is H32K28O90Si30. The van der Waals surface area contributed by atoms with Gasteiger partial charge >= 0.3 is 1590 Å². The van der Waals surface area contributed by atoms with Crippen molar-refractivity contribution >= 4 is 275 Å². The summed E-state index contributed by atoms with van der Waals surface area (Å²) < 4.78 is 259. The van der Waals surface area contributed by atoms with Gasteiger partial charge in [-0.15, -0.1) is 0 Å². The van der Waals surface area contributed by atoms with E-state index in [0.717, 1.165) is 0 Å². The zero-order valence-electron chi connectivity index (χ0n) is 81.0. The average molecular weight is 3410 g/mol. The van der Waals surface area contributed by atoms with Gasteiger partial charge in [0.25, 0.3) is 0 Å². The Morgan fingerprint density at radius 3 is 0.0676 bits per heavy atom. The Kier molecular flexibility index (Phi) is 1000. The molecule has 0 unspecified atom stereocenters. The van der Waals surface area contributed by atoms with Crippen molar-refractivity contribution in [2.45, 2.75) is 0 Å². The molecule has 0 atom stereocenters. The van der Waals surface area contributed by atoms with Crippen LogP contribution in [0.4, 0.5) is 0 Å². The van der Waals surface area contributed by atoms with Crippen LogP contribution in [0.15, 0.2) is 0 Å². The Morgan fingerprint density at radius 2 is 0.0676 bits per heavy atom. The van der Waals surface area contributed by atoms with Gasteiger partial charge in [-0.3, -0.25) is 71.4 Å². The Balaban J connectivity index is -0.0000000100. The minimum absolute atomic E-state index is 0. The number of hydrogen-bond donors (Lipinski definition) is 32. The molecule has 0 aromatic carbocycles. The van der Waals surface area contributed by atoms with Gasteiger partial charge in [0.1, 0.15) is 0 Å². The van der Waals surface area contributed by atoms with Crippen LogP contribution in [0.3, 0.4) is 0 Å². The zero-order valence-corrected chi connectivity index (χ0v) is 198.